The molecule has 1 saturated carbocycles. The molecular formula is C14H21NO4S. The van der Waals surface area contributed by atoms with Crippen LogP contribution in [0.4, 0.5) is 0 Å². The quantitative estimate of drug-likeness (QED) is 0.867. The molecule has 112 valence electrons. The van der Waals surface area contributed by atoms with Gasteiger partial charge in [-0.05, 0) is 44.0 Å². The smallest absolute Gasteiger partial charge is 0.240 e. The van der Waals surface area contributed by atoms with E-state index in [0.29, 0.717) is 25.2 Å². The van der Waals surface area contributed by atoms with Crippen LogP contribution in [0, 0.1) is 0 Å². The molecule has 2 N–H and O–H groups in total. The Morgan fingerprint density at radius 1 is 1.25 bits per heavy atom. The molecule has 1 aromatic carbocycles. The van der Waals surface area contributed by atoms with Crippen LogP contribution >= 0.6 is 0 Å². The first-order valence-corrected chi connectivity index (χ1v) is 8.44. The topological polar surface area (TPSA) is 75.6 Å². The second kappa shape index (κ2) is 6.56. The van der Waals surface area contributed by atoms with Crippen LogP contribution in [0.3, 0.4) is 0 Å². The van der Waals surface area contributed by atoms with Gasteiger partial charge in [-0.1, -0.05) is 12.8 Å². The highest BCUT2D eigenvalue weighted by Crippen LogP contribution is 2.21. The molecule has 0 aromatic heterocycles. The Morgan fingerprint density at radius 3 is 2.50 bits per heavy atom. The van der Waals surface area contributed by atoms with E-state index in [1.807, 2.05) is 6.92 Å². The zero-order valence-corrected chi connectivity index (χ0v) is 12.4. The molecule has 20 heavy (non-hydrogen) atoms. The first kappa shape index (κ1) is 15.3. The van der Waals surface area contributed by atoms with Gasteiger partial charge < -0.3 is 9.84 Å². The summed E-state index contributed by atoms with van der Waals surface area (Å²) in [5, 5.41) is 9.85. The van der Waals surface area contributed by atoms with Gasteiger partial charge in [-0.25, -0.2) is 13.1 Å². The van der Waals surface area contributed by atoms with Crippen molar-refractivity contribution in [2.24, 2.45) is 0 Å². The number of sulfonamides is 1. The van der Waals surface area contributed by atoms with E-state index in [1.165, 1.54) is 12.1 Å². The zero-order valence-electron chi connectivity index (χ0n) is 11.6. The van der Waals surface area contributed by atoms with Gasteiger partial charge in [0.05, 0.1) is 17.6 Å². The molecule has 6 heteroatoms. The van der Waals surface area contributed by atoms with Crippen molar-refractivity contribution in [3.63, 3.8) is 0 Å². The lowest BCUT2D eigenvalue weighted by molar-refractivity contribution is 0.101. The summed E-state index contributed by atoms with van der Waals surface area (Å²) in [6.45, 7) is 2.41. The average Bonchev–Trinajstić information content (AvgIpc) is 2.42. The first-order valence-electron chi connectivity index (χ1n) is 6.96. The van der Waals surface area contributed by atoms with Crippen molar-refractivity contribution >= 4 is 10.0 Å². The second-order valence-corrected chi connectivity index (χ2v) is 6.70. The molecule has 0 aliphatic heterocycles. The molecular weight excluding hydrogens is 278 g/mol. The lowest BCUT2D eigenvalue weighted by Gasteiger charge is -2.28. The highest BCUT2D eigenvalue weighted by atomic mass is 32.2. The molecule has 0 amide bonds. The molecule has 5 nitrogen and oxygen atoms in total. The highest BCUT2D eigenvalue weighted by molar-refractivity contribution is 7.89. The lowest BCUT2D eigenvalue weighted by atomic mass is 9.93. The molecule has 1 aromatic rings. The fourth-order valence-corrected chi connectivity index (χ4v) is 3.70. The van der Waals surface area contributed by atoms with Crippen molar-refractivity contribution in [3.05, 3.63) is 24.3 Å². The van der Waals surface area contributed by atoms with Gasteiger partial charge in [-0.15, -0.1) is 0 Å². The third-order valence-electron chi connectivity index (χ3n) is 3.48. The molecule has 0 saturated heterocycles. The summed E-state index contributed by atoms with van der Waals surface area (Å²) >= 11 is 0. The van der Waals surface area contributed by atoms with Crippen LogP contribution in [0.1, 0.15) is 32.6 Å². The van der Waals surface area contributed by atoms with Gasteiger partial charge >= 0.3 is 0 Å². The minimum Gasteiger partial charge on any atom is -0.494 e. The molecule has 1 fully saturated rings. The van der Waals surface area contributed by atoms with E-state index in [4.69, 9.17) is 4.74 Å². The predicted octanol–water partition coefficient (Wildman–Crippen LogP) is 1.67. The summed E-state index contributed by atoms with van der Waals surface area (Å²) in [7, 11) is -3.59. The summed E-state index contributed by atoms with van der Waals surface area (Å²) in [5.74, 6) is 0.643. The van der Waals surface area contributed by atoms with Gasteiger partial charge in [0, 0.05) is 6.04 Å². The molecule has 1 aliphatic carbocycles. The van der Waals surface area contributed by atoms with E-state index in [9.17, 15) is 13.5 Å². The van der Waals surface area contributed by atoms with Crippen LogP contribution in [0.25, 0.3) is 0 Å². The molecule has 2 rings (SSSR count). The summed E-state index contributed by atoms with van der Waals surface area (Å²) < 4.78 is 32.4. The third-order valence-corrected chi connectivity index (χ3v) is 4.99. The van der Waals surface area contributed by atoms with E-state index in [-0.39, 0.29) is 10.9 Å². The van der Waals surface area contributed by atoms with E-state index < -0.39 is 16.1 Å². The van der Waals surface area contributed by atoms with E-state index >= 15 is 0 Å². The molecule has 0 heterocycles. The van der Waals surface area contributed by atoms with Crippen molar-refractivity contribution in [2.75, 3.05) is 6.61 Å². The molecule has 0 spiro atoms. The number of benzene rings is 1. The minimum absolute atomic E-state index is 0.193. The monoisotopic (exact) mass is 299 g/mol. The van der Waals surface area contributed by atoms with Crippen LogP contribution in [-0.4, -0.2) is 32.3 Å². The second-order valence-electron chi connectivity index (χ2n) is 4.98. The standard InChI is InChI=1S/C14H21NO4S/c1-2-19-11-7-9-12(10-8-11)20(17,18)15-13-5-3-4-6-14(13)16/h7-10,13-16H,2-6H2,1H3. The van der Waals surface area contributed by atoms with E-state index in [2.05, 4.69) is 4.72 Å². The first-order chi connectivity index (χ1) is 9.53. The number of rotatable bonds is 5. The summed E-state index contributed by atoms with van der Waals surface area (Å²) in [4.78, 5) is 0.193. The Kier molecular flexibility index (Phi) is 5.01. The maximum absolute atomic E-state index is 12.3. The SMILES string of the molecule is CCOc1ccc(S(=O)(=O)NC2CCCCC2O)cc1. The lowest BCUT2D eigenvalue weighted by Crippen LogP contribution is -2.44. The number of hydrogen-bond acceptors (Lipinski definition) is 4. The summed E-state index contributed by atoms with van der Waals surface area (Å²) in [6, 6.07) is 5.91. The maximum atomic E-state index is 12.3. The normalized spacial score (nSPS) is 23.5. The van der Waals surface area contributed by atoms with Crippen molar-refractivity contribution in [1.29, 1.82) is 0 Å². The molecule has 0 bridgehead atoms. The highest BCUT2D eigenvalue weighted by Gasteiger charge is 2.28. The minimum atomic E-state index is -3.59. The molecule has 2 unspecified atom stereocenters. The van der Waals surface area contributed by atoms with Crippen molar-refractivity contribution in [2.45, 2.75) is 49.6 Å². The van der Waals surface area contributed by atoms with Gasteiger partial charge in [0.1, 0.15) is 5.75 Å². The number of aliphatic hydroxyl groups excluding tert-OH is 1. The van der Waals surface area contributed by atoms with Gasteiger partial charge in [0.2, 0.25) is 10.0 Å². The number of ether oxygens (including phenoxy) is 1. The summed E-state index contributed by atoms with van der Waals surface area (Å²) in [5.41, 5.74) is 0. The Balaban J connectivity index is 2.09. The fourth-order valence-electron chi connectivity index (χ4n) is 2.40. The number of nitrogens with one attached hydrogen (secondary N) is 1. The van der Waals surface area contributed by atoms with Crippen molar-refractivity contribution in [1.82, 2.24) is 4.72 Å². The Morgan fingerprint density at radius 2 is 1.90 bits per heavy atom. The van der Waals surface area contributed by atoms with Crippen LogP contribution in [0.15, 0.2) is 29.2 Å². The van der Waals surface area contributed by atoms with Crippen LogP contribution in [0.2, 0.25) is 0 Å². The van der Waals surface area contributed by atoms with Gasteiger partial charge in [0.25, 0.3) is 0 Å². The fraction of sp³-hybridized carbons (Fsp3) is 0.571. The Hall–Kier alpha value is -1.11. The zero-order chi connectivity index (χ0) is 14.6. The Labute approximate surface area is 120 Å². The average molecular weight is 299 g/mol. The number of hydrogen-bond donors (Lipinski definition) is 2. The van der Waals surface area contributed by atoms with Crippen molar-refractivity contribution in [3.8, 4) is 5.75 Å². The molecule has 1 aliphatic rings. The Bertz CT molecular complexity index is 527. The van der Waals surface area contributed by atoms with E-state index in [0.717, 1.165) is 12.8 Å². The maximum Gasteiger partial charge on any atom is 0.240 e. The molecule has 2 atom stereocenters. The molecule has 0 radical (unpaired) electrons. The van der Waals surface area contributed by atoms with Crippen LogP contribution in [-0.2, 0) is 10.0 Å². The van der Waals surface area contributed by atoms with Crippen LogP contribution in [0.5, 0.6) is 5.75 Å². The van der Waals surface area contributed by atoms with Gasteiger partial charge in [-0.2, -0.15) is 0 Å². The van der Waals surface area contributed by atoms with Gasteiger partial charge in [-0.3, -0.25) is 0 Å². The number of aliphatic hydroxyl groups is 1. The third kappa shape index (κ3) is 3.71. The summed E-state index contributed by atoms with van der Waals surface area (Å²) in [6.07, 6.45) is 2.62. The van der Waals surface area contributed by atoms with E-state index in [1.54, 1.807) is 12.1 Å². The van der Waals surface area contributed by atoms with Crippen molar-refractivity contribution < 1.29 is 18.3 Å². The largest absolute Gasteiger partial charge is 0.494 e. The van der Waals surface area contributed by atoms with Gasteiger partial charge in [0.15, 0.2) is 0 Å². The predicted molar refractivity (Wildman–Crippen MR) is 76.2 cm³/mol. The van der Waals surface area contributed by atoms with Crippen LogP contribution < -0.4 is 9.46 Å².